The van der Waals surface area contributed by atoms with Gasteiger partial charge in [-0.15, -0.1) is 0 Å². The molecule has 1 atom stereocenters. The van der Waals surface area contributed by atoms with E-state index in [1.54, 1.807) is 6.07 Å². The molecule has 1 unspecified atom stereocenters. The van der Waals surface area contributed by atoms with Crippen LogP contribution in [0.15, 0.2) is 48.7 Å². The zero-order chi connectivity index (χ0) is 14.1. The number of rotatable bonds is 3. The molecule has 1 aromatic heterocycles. The molecule has 0 saturated heterocycles. The van der Waals surface area contributed by atoms with E-state index in [1.807, 2.05) is 37.4 Å². The van der Waals surface area contributed by atoms with E-state index in [0.29, 0.717) is 0 Å². The Labute approximate surface area is 121 Å². The van der Waals surface area contributed by atoms with Crippen LogP contribution in [0.1, 0.15) is 18.5 Å². The summed E-state index contributed by atoms with van der Waals surface area (Å²) in [6.07, 6.45) is 1.91. The molecule has 1 heterocycles. The molecule has 2 N–H and O–H groups in total. The molecule has 4 heteroatoms. The molecule has 0 aliphatic carbocycles. The zero-order valence-electron chi connectivity index (χ0n) is 11.0. The first kappa shape index (κ1) is 13.0. The lowest BCUT2D eigenvalue weighted by Gasteiger charge is -2.16. The minimum atomic E-state index is -0.390. The standard InChI is InChI=1S/C16H14ClFN2/c1-10(11-2-4-14(17)15(18)9-11)20-13-3-5-16-12(8-13)6-7-19-16/h2-10,19-20H,1H3. The molecule has 0 bridgehead atoms. The fraction of sp³-hybridized carbons (Fsp3) is 0.125. The summed E-state index contributed by atoms with van der Waals surface area (Å²) in [4.78, 5) is 3.15. The third-order valence-electron chi connectivity index (χ3n) is 3.38. The number of aromatic amines is 1. The van der Waals surface area contributed by atoms with Crippen molar-refractivity contribution in [3.8, 4) is 0 Å². The third-order valence-corrected chi connectivity index (χ3v) is 3.69. The number of anilines is 1. The number of benzene rings is 2. The molecule has 20 heavy (non-hydrogen) atoms. The van der Waals surface area contributed by atoms with Gasteiger partial charge in [0.15, 0.2) is 0 Å². The molecule has 2 nitrogen and oxygen atoms in total. The van der Waals surface area contributed by atoms with Crippen LogP contribution in [0.2, 0.25) is 5.02 Å². The number of H-pyrrole nitrogens is 1. The minimum Gasteiger partial charge on any atom is -0.379 e. The Morgan fingerprint density at radius 2 is 2.00 bits per heavy atom. The van der Waals surface area contributed by atoms with Crippen molar-refractivity contribution in [1.82, 2.24) is 4.98 Å². The average molecular weight is 289 g/mol. The monoisotopic (exact) mass is 288 g/mol. The predicted molar refractivity (Wildman–Crippen MR) is 81.7 cm³/mol. The van der Waals surface area contributed by atoms with Crippen molar-refractivity contribution < 1.29 is 4.39 Å². The van der Waals surface area contributed by atoms with Gasteiger partial charge in [-0.1, -0.05) is 17.7 Å². The number of halogens is 2. The fourth-order valence-electron chi connectivity index (χ4n) is 2.26. The topological polar surface area (TPSA) is 27.8 Å². The van der Waals surface area contributed by atoms with Gasteiger partial charge in [0.2, 0.25) is 0 Å². The van der Waals surface area contributed by atoms with E-state index in [-0.39, 0.29) is 16.9 Å². The molecular formula is C16H14ClFN2. The van der Waals surface area contributed by atoms with Crippen molar-refractivity contribution in [2.75, 3.05) is 5.32 Å². The second-order valence-corrected chi connectivity index (χ2v) is 5.23. The molecular weight excluding hydrogens is 275 g/mol. The SMILES string of the molecule is CC(Nc1ccc2[nH]ccc2c1)c1ccc(Cl)c(F)c1. The summed E-state index contributed by atoms with van der Waals surface area (Å²) in [6.45, 7) is 1.99. The Balaban J connectivity index is 1.83. The molecule has 0 radical (unpaired) electrons. The highest BCUT2D eigenvalue weighted by Gasteiger charge is 2.08. The minimum absolute atomic E-state index is 0.00171. The number of fused-ring (bicyclic) bond motifs is 1. The zero-order valence-corrected chi connectivity index (χ0v) is 11.7. The van der Waals surface area contributed by atoms with E-state index in [2.05, 4.69) is 16.4 Å². The molecule has 0 fully saturated rings. The van der Waals surface area contributed by atoms with Gasteiger partial charge in [-0.2, -0.15) is 0 Å². The van der Waals surface area contributed by atoms with Crippen molar-refractivity contribution >= 4 is 28.2 Å². The normalized spacial score (nSPS) is 12.6. The number of hydrogen-bond acceptors (Lipinski definition) is 1. The van der Waals surface area contributed by atoms with Crippen LogP contribution in [-0.2, 0) is 0 Å². The maximum Gasteiger partial charge on any atom is 0.142 e. The van der Waals surface area contributed by atoms with Crippen molar-refractivity contribution in [3.63, 3.8) is 0 Å². The summed E-state index contributed by atoms with van der Waals surface area (Å²) in [5.41, 5.74) is 2.96. The first-order chi connectivity index (χ1) is 9.63. The highest BCUT2D eigenvalue weighted by Crippen LogP contribution is 2.25. The van der Waals surface area contributed by atoms with Crippen molar-refractivity contribution in [2.45, 2.75) is 13.0 Å². The molecule has 0 amide bonds. The van der Waals surface area contributed by atoms with Crippen LogP contribution in [0.5, 0.6) is 0 Å². The highest BCUT2D eigenvalue weighted by molar-refractivity contribution is 6.30. The number of hydrogen-bond donors (Lipinski definition) is 2. The maximum atomic E-state index is 13.5. The average Bonchev–Trinajstić information content (AvgIpc) is 2.89. The van der Waals surface area contributed by atoms with Crippen LogP contribution in [0.3, 0.4) is 0 Å². The van der Waals surface area contributed by atoms with Crippen LogP contribution < -0.4 is 5.32 Å². The van der Waals surface area contributed by atoms with E-state index in [1.165, 1.54) is 6.07 Å². The summed E-state index contributed by atoms with van der Waals surface area (Å²) in [6, 6.07) is 13.0. The van der Waals surface area contributed by atoms with Gasteiger partial charge in [0.05, 0.1) is 5.02 Å². The first-order valence-corrected chi connectivity index (χ1v) is 6.80. The second kappa shape index (κ2) is 5.17. The van der Waals surface area contributed by atoms with Crippen LogP contribution in [-0.4, -0.2) is 4.98 Å². The van der Waals surface area contributed by atoms with E-state index < -0.39 is 0 Å². The summed E-state index contributed by atoms with van der Waals surface area (Å²) >= 11 is 5.70. The van der Waals surface area contributed by atoms with Gasteiger partial charge in [0.25, 0.3) is 0 Å². The summed E-state index contributed by atoms with van der Waals surface area (Å²) in [7, 11) is 0. The Morgan fingerprint density at radius 3 is 2.80 bits per heavy atom. The Hall–Kier alpha value is -2.00. The van der Waals surface area contributed by atoms with Gasteiger partial charge in [-0.05, 0) is 48.9 Å². The van der Waals surface area contributed by atoms with Gasteiger partial charge >= 0.3 is 0 Å². The van der Waals surface area contributed by atoms with E-state index >= 15 is 0 Å². The van der Waals surface area contributed by atoms with Gasteiger partial charge in [-0.3, -0.25) is 0 Å². The quantitative estimate of drug-likeness (QED) is 0.687. The molecule has 2 aromatic carbocycles. The third kappa shape index (κ3) is 2.49. The van der Waals surface area contributed by atoms with Crippen LogP contribution >= 0.6 is 11.6 Å². The Morgan fingerprint density at radius 1 is 1.15 bits per heavy atom. The lowest BCUT2D eigenvalue weighted by atomic mass is 10.1. The van der Waals surface area contributed by atoms with Crippen molar-refractivity contribution in [1.29, 1.82) is 0 Å². The smallest absolute Gasteiger partial charge is 0.142 e. The number of aromatic nitrogens is 1. The predicted octanol–water partition coefficient (Wildman–Crippen LogP) is 5.13. The Kier molecular flexibility index (Phi) is 3.36. The maximum absolute atomic E-state index is 13.5. The molecule has 3 rings (SSSR count). The van der Waals surface area contributed by atoms with Gasteiger partial charge in [0, 0.05) is 28.8 Å². The molecule has 0 aliphatic rings. The van der Waals surface area contributed by atoms with Crippen molar-refractivity contribution in [3.05, 3.63) is 65.1 Å². The van der Waals surface area contributed by atoms with E-state index in [9.17, 15) is 4.39 Å². The van der Waals surface area contributed by atoms with Gasteiger partial charge < -0.3 is 10.3 Å². The van der Waals surface area contributed by atoms with Crippen molar-refractivity contribution in [2.24, 2.45) is 0 Å². The lowest BCUT2D eigenvalue weighted by molar-refractivity contribution is 0.624. The van der Waals surface area contributed by atoms with E-state index in [0.717, 1.165) is 22.2 Å². The molecule has 0 saturated carbocycles. The second-order valence-electron chi connectivity index (χ2n) is 4.82. The summed E-state index contributed by atoms with van der Waals surface area (Å²) in [5.74, 6) is -0.390. The van der Waals surface area contributed by atoms with Gasteiger partial charge in [-0.25, -0.2) is 4.39 Å². The number of nitrogens with one attached hydrogen (secondary N) is 2. The summed E-state index contributed by atoms with van der Waals surface area (Å²) < 4.78 is 13.5. The Bertz CT molecular complexity index is 751. The highest BCUT2D eigenvalue weighted by atomic mass is 35.5. The summed E-state index contributed by atoms with van der Waals surface area (Å²) in [5, 5.41) is 4.65. The first-order valence-electron chi connectivity index (χ1n) is 6.42. The lowest BCUT2D eigenvalue weighted by Crippen LogP contribution is -2.06. The molecule has 3 aromatic rings. The fourth-order valence-corrected chi connectivity index (χ4v) is 2.38. The molecule has 0 spiro atoms. The van der Waals surface area contributed by atoms with Crippen LogP contribution in [0.25, 0.3) is 10.9 Å². The van der Waals surface area contributed by atoms with Crippen LogP contribution in [0, 0.1) is 5.82 Å². The largest absolute Gasteiger partial charge is 0.379 e. The van der Waals surface area contributed by atoms with Crippen LogP contribution in [0.4, 0.5) is 10.1 Å². The van der Waals surface area contributed by atoms with Gasteiger partial charge in [0.1, 0.15) is 5.82 Å². The van der Waals surface area contributed by atoms with E-state index in [4.69, 9.17) is 11.6 Å². The molecule has 102 valence electrons. The molecule has 0 aliphatic heterocycles.